The molecular formula is C6H6N2O3. The molecule has 0 bridgehead atoms. The van der Waals surface area contributed by atoms with Crippen LogP contribution in [-0.2, 0) is 9.59 Å². The zero-order valence-electron chi connectivity index (χ0n) is 5.66. The van der Waals surface area contributed by atoms with E-state index >= 15 is 0 Å². The smallest absolute Gasteiger partial charge is 0.269 e. The zero-order valence-corrected chi connectivity index (χ0v) is 5.66. The van der Waals surface area contributed by atoms with Gasteiger partial charge >= 0.3 is 17.8 Å². The summed E-state index contributed by atoms with van der Waals surface area (Å²) in [5.74, 6) is -1.51. The molecule has 1 aliphatic heterocycles. The van der Waals surface area contributed by atoms with Crippen LogP contribution in [0.4, 0.5) is 4.79 Å². The molecule has 11 heavy (non-hydrogen) atoms. The topological polar surface area (TPSA) is 66.5 Å². The fraction of sp³-hybridized carbons (Fsp3) is 0.500. The number of nitrogens with one attached hydrogen (secondary N) is 1. The zero-order chi connectivity index (χ0) is 8.01. The molecule has 1 saturated carbocycles. The van der Waals surface area contributed by atoms with Crippen LogP contribution in [0.2, 0.25) is 0 Å². The van der Waals surface area contributed by atoms with Crippen molar-refractivity contribution in [3.05, 3.63) is 0 Å². The Labute approximate surface area is 62.3 Å². The van der Waals surface area contributed by atoms with Crippen molar-refractivity contribution in [2.75, 3.05) is 0 Å². The number of carbonyl (C=O) groups excluding carboxylic acids is 3. The van der Waals surface area contributed by atoms with Gasteiger partial charge < -0.3 is 0 Å². The fourth-order valence-electron chi connectivity index (χ4n) is 1.08. The number of carbonyl (C=O) groups is 3. The fourth-order valence-corrected chi connectivity index (χ4v) is 1.08. The molecule has 5 nitrogen and oxygen atoms in total. The molecule has 0 aromatic carbocycles. The van der Waals surface area contributed by atoms with Crippen molar-refractivity contribution in [2.24, 2.45) is 0 Å². The summed E-state index contributed by atoms with van der Waals surface area (Å²) in [4.78, 5) is 33.3. The third-order valence-corrected chi connectivity index (χ3v) is 1.76. The van der Waals surface area contributed by atoms with Crippen molar-refractivity contribution < 1.29 is 14.4 Å². The van der Waals surface area contributed by atoms with Gasteiger partial charge in [0.25, 0.3) is 0 Å². The molecule has 0 aromatic rings. The van der Waals surface area contributed by atoms with Crippen LogP contribution in [0.25, 0.3) is 0 Å². The number of hydrogen-bond donors (Lipinski definition) is 1. The van der Waals surface area contributed by atoms with Crippen molar-refractivity contribution >= 4 is 17.8 Å². The van der Waals surface area contributed by atoms with Gasteiger partial charge in [-0.2, -0.15) is 0 Å². The Balaban J connectivity index is 2.24. The molecule has 0 atom stereocenters. The van der Waals surface area contributed by atoms with E-state index in [9.17, 15) is 14.4 Å². The minimum Gasteiger partial charge on any atom is -0.269 e. The Hall–Kier alpha value is -1.39. The molecule has 1 N–H and O–H groups in total. The minimum absolute atomic E-state index is 0.0195. The summed E-state index contributed by atoms with van der Waals surface area (Å²) >= 11 is 0. The lowest BCUT2D eigenvalue weighted by Crippen LogP contribution is -2.32. The number of urea groups is 1. The molecule has 2 rings (SSSR count). The molecular weight excluding hydrogens is 148 g/mol. The lowest BCUT2D eigenvalue weighted by Gasteiger charge is -2.07. The van der Waals surface area contributed by atoms with E-state index in [1.807, 2.05) is 5.32 Å². The van der Waals surface area contributed by atoms with Crippen LogP contribution in [0, 0.1) is 0 Å². The van der Waals surface area contributed by atoms with Crippen LogP contribution < -0.4 is 5.32 Å². The molecule has 1 saturated heterocycles. The van der Waals surface area contributed by atoms with Gasteiger partial charge in [-0.25, -0.2) is 4.79 Å². The molecule has 0 aromatic heterocycles. The summed E-state index contributed by atoms with van der Waals surface area (Å²) in [6.07, 6.45) is 1.65. The van der Waals surface area contributed by atoms with Crippen LogP contribution >= 0.6 is 0 Å². The van der Waals surface area contributed by atoms with Gasteiger partial charge in [0.2, 0.25) is 0 Å². The van der Waals surface area contributed by atoms with E-state index in [-0.39, 0.29) is 6.04 Å². The van der Waals surface area contributed by atoms with Crippen LogP contribution in [-0.4, -0.2) is 28.8 Å². The Bertz CT molecular complexity index is 257. The Morgan fingerprint density at radius 3 is 2.27 bits per heavy atom. The highest BCUT2D eigenvalue weighted by Gasteiger charge is 2.45. The van der Waals surface area contributed by atoms with E-state index in [2.05, 4.69) is 0 Å². The average Bonchev–Trinajstić information content (AvgIpc) is 2.68. The predicted molar refractivity (Wildman–Crippen MR) is 33.4 cm³/mol. The lowest BCUT2D eigenvalue weighted by atomic mass is 10.5. The summed E-state index contributed by atoms with van der Waals surface area (Å²) in [7, 11) is 0. The van der Waals surface area contributed by atoms with Gasteiger partial charge in [0, 0.05) is 6.04 Å². The summed E-state index contributed by atoms with van der Waals surface area (Å²) in [6.45, 7) is 0. The van der Waals surface area contributed by atoms with Crippen LogP contribution in [0.15, 0.2) is 0 Å². The Kier molecular flexibility index (Phi) is 1.04. The van der Waals surface area contributed by atoms with Gasteiger partial charge in [-0.05, 0) is 12.8 Å². The highest BCUT2D eigenvalue weighted by Crippen LogP contribution is 2.28. The van der Waals surface area contributed by atoms with Gasteiger partial charge in [-0.1, -0.05) is 0 Å². The minimum atomic E-state index is -0.804. The molecule has 0 spiro atoms. The van der Waals surface area contributed by atoms with Crippen molar-refractivity contribution in [2.45, 2.75) is 18.9 Å². The van der Waals surface area contributed by atoms with Gasteiger partial charge in [0.1, 0.15) is 0 Å². The number of hydrogen-bond acceptors (Lipinski definition) is 3. The Morgan fingerprint density at radius 1 is 1.27 bits per heavy atom. The first kappa shape index (κ1) is 6.33. The molecule has 58 valence electrons. The number of amides is 4. The van der Waals surface area contributed by atoms with Crippen molar-refractivity contribution in [1.29, 1.82) is 0 Å². The second kappa shape index (κ2) is 1.81. The number of imide groups is 2. The second-order valence-electron chi connectivity index (χ2n) is 2.67. The lowest BCUT2D eigenvalue weighted by molar-refractivity contribution is -0.140. The van der Waals surface area contributed by atoms with Gasteiger partial charge in [-0.15, -0.1) is 0 Å². The predicted octanol–water partition coefficient (Wildman–Crippen LogP) is -0.773. The SMILES string of the molecule is O=C1NC(=O)N(C2CC2)C1=O. The standard InChI is InChI=1S/C6H6N2O3/c9-4-5(10)8(3-1-2-3)6(11)7-4/h3H,1-2H2,(H,7,9,11). The largest absolute Gasteiger partial charge is 0.331 e. The highest BCUT2D eigenvalue weighted by molar-refractivity contribution is 6.45. The first-order chi connectivity index (χ1) is 5.20. The molecule has 4 amide bonds. The van der Waals surface area contributed by atoms with Crippen molar-refractivity contribution in [3.63, 3.8) is 0 Å². The summed E-state index contributed by atoms with van der Waals surface area (Å²) in [5.41, 5.74) is 0. The molecule has 2 fully saturated rings. The van der Waals surface area contributed by atoms with Crippen molar-refractivity contribution in [3.8, 4) is 0 Å². The van der Waals surface area contributed by atoms with Crippen LogP contribution in [0.1, 0.15) is 12.8 Å². The summed E-state index contributed by atoms with van der Waals surface area (Å²) in [6, 6.07) is -0.587. The van der Waals surface area contributed by atoms with E-state index in [4.69, 9.17) is 0 Å². The van der Waals surface area contributed by atoms with E-state index in [1.165, 1.54) is 0 Å². The number of rotatable bonds is 1. The molecule has 1 heterocycles. The summed E-state index contributed by atoms with van der Waals surface area (Å²) < 4.78 is 0. The molecule has 2 aliphatic rings. The van der Waals surface area contributed by atoms with E-state index in [0.717, 1.165) is 17.7 Å². The van der Waals surface area contributed by atoms with Gasteiger partial charge in [0.05, 0.1) is 0 Å². The monoisotopic (exact) mass is 154 g/mol. The maximum Gasteiger partial charge on any atom is 0.331 e. The highest BCUT2D eigenvalue weighted by atomic mass is 16.2. The van der Waals surface area contributed by atoms with Gasteiger partial charge in [-0.3, -0.25) is 19.8 Å². The van der Waals surface area contributed by atoms with Crippen LogP contribution in [0.3, 0.4) is 0 Å². The molecule has 1 aliphatic carbocycles. The second-order valence-corrected chi connectivity index (χ2v) is 2.67. The summed E-state index contributed by atoms with van der Waals surface area (Å²) in [5, 5.41) is 1.94. The van der Waals surface area contributed by atoms with Crippen LogP contribution in [0.5, 0.6) is 0 Å². The van der Waals surface area contributed by atoms with E-state index in [1.54, 1.807) is 0 Å². The van der Waals surface area contributed by atoms with E-state index < -0.39 is 17.8 Å². The van der Waals surface area contributed by atoms with Crippen molar-refractivity contribution in [1.82, 2.24) is 10.2 Å². The quantitative estimate of drug-likeness (QED) is 0.398. The first-order valence-electron chi connectivity index (χ1n) is 3.38. The van der Waals surface area contributed by atoms with E-state index in [0.29, 0.717) is 0 Å². The molecule has 5 heteroatoms. The van der Waals surface area contributed by atoms with Gasteiger partial charge in [0.15, 0.2) is 0 Å². The average molecular weight is 154 g/mol. The third-order valence-electron chi connectivity index (χ3n) is 1.76. The normalized spacial score (nSPS) is 24.4. The molecule has 0 unspecified atom stereocenters. The number of nitrogens with zero attached hydrogens (tertiary/aromatic N) is 1. The first-order valence-corrected chi connectivity index (χ1v) is 3.38. The molecule has 0 radical (unpaired) electrons. The third kappa shape index (κ3) is 0.806. The maximum atomic E-state index is 10.9. The Morgan fingerprint density at radius 2 is 1.91 bits per heavy atom. The maximum absolute atomic E-state index is 10.9.